The van der Waals surface area contributed by atoms with Gasteiger partial charge in [-0.15, -0.1) is 0 Å². The van der Waals surface area contributed by atoms with Crippen LogP contribution in [-0.2, 0) is 9.53 Å². The second-order valence-corrected chi connectivity index (χ2v) is 4.71. The van der Waals surface area contributed by atoms with E-state index in [-0.39, 0.29) is 12.2 Å². The highest BCUT2D eigenvalue weighted by Gasteiger charge is 2.22. The predicted octanol–water partition coefficient (Wildman–Crippen LogP) is 2.97. The van der Waals surface area contributed by atoms with Crippen LogP contribution in [0.2, 0.25) is 5.02 Å². The van der Waals surface area contributed by atoms with E-state index < -0.39 is 17.9 Å². The van der Waals surface area contributed by atoms with Crippen molar-refractivity contribution in [3.63, 3.8) is 0 Å². The van der Waals surface area contributed by atoms with E-state index in [1.54, 1.807) is 30.3 Å². The zero-order valence-electron chi connectivity index (χ0n) is 11.3. The normalized spacial score (nSPS) is 11.7. The van der Waals surface area contributed by atoms with Gasteiger partial charge >= 0.3 is 5.97 Å². The first-order valence-electron chi connectivity index (χ1n) is 6.27. The fourth-order valence-electron chi connectivity index (χ4n) is 1.88. The Balaban J connectivity index is 2.22. The lowest BCUT2D eigenvalue weighted by Crippen LogP contribution is -2.30. The van der Waals surface area contributed by atoms with Crippen molar-refractivity contribution >= 4 is 23.5 Å². The van der Waals surface area contributed by atoms with Gasteiger partial charge in [0.25, 0.3) is 5.91 Å². The van der Waals surface area contributed by atoms with E-state index in [0.29, 0.717) is 10.6 Å². The standard InChI is InChI=1S/C15H14ClNO4/c1-20-14(18)9-12(10-5-2-3-6-11(10)16)17-15(19)13-7-4-8-21-13/h2-8,12H,9H2,1H3,(H,17,19)/t12-/m0/s1. The molecule has 2 aromatic rings. The Morgan fingerprint density at radius 2 is 2.05 bits per heavy atom. The maximum absolute atomic E-state index is 12.1. The Hall–Kier alpha value is -2.27. The molecule has 0 bridgehead atoms. The highest BCUT2D eigenvalue weighted by Crippen LogP contribution is 2.25. The van der Waals surface area contributed by atoms with E-state index in [0.717, 1.165) is 0 Å². The summed E-state index contributed by atoms with van der Waals surface area (Å²) in [5, 5.41) is 3.19. The molecule has 21 heavy (non-hydrogen) atoms. The number of esters is 1. The second kappa shape index (κ2) is 6.95. The summed E-state index contributed by atoms with van der Waals surface area (Å²) < 4.78 is 9.69. The van der Waals surface area contributed by atoms with E-state index in [9.17, 15) is 9.59 Å². The molecule has 5 nitrogen and oxygen atoms in total. The minimum absolute atomic E-state index is 0.0211. The third-order valence-electron chi connectivity index (χ3n) is 2.93. The van der Waals surface area contributed by atoms with Crippen LogP contribution in [-0.4, -0.2) is 19.0 Å². The molecule has 0 aliphatic heterocycles. The highest BCUT2D eigenvalue weighted by molar-refractivity contribution is 6.31. The fourth-order valence-corrected chi connectivity index (χ4v) is 2.15. The van der Waals surface area contributed by atoms with E-state index in [1.807, 2.05) is 0 Å². The van der Waals surface area contributed by atoms with Crippen molar-refractivity contribution in [1.29, 1.82) is 0 Å². The van der Waals surface area contributed by atoms with Gasteiger partial charge < -0.3 is 14.5 Å². The van der Waals surface area contributed by atoms with Gasteiger partial charge in [0.1, 0.15) is 0 Å². The number of furan rings is 1. The van der Waals surface area contributed by atoms with Gasteiger partial charge in [-0.3, -0.25) is 9.59 Å². The Kier molecular flexibility index (Phi) is 5.00. The van der Waals surface area contributed by atoms with E-state index in [2.05, 4.69) is 10.1 Å². The number of rotatable bonds is 5. The summed E-state index contributed by atoms with van der Waals surface area (Å²) in [6.45, 7) is 0. The lowest BCUT2D eigenvalue weighted by molar-refractivity contribution is -0.141. The number of amides is 1. The van der Waals surface area contributed by atoms with Gasteiger partial charge in [-0.05, 0) is 23.8 Å². The van der Waals surface area contributed by atoms with E-state index in [1.165, 1.54) is 19.4 Å². The number of methoxy groups -OCH3 is 1. The minimum Gasteiger partial charge on any atom is -0.469 e. The van der Waals surface area contributed by atoms with Gasteiger partial charge in [0.15, 0.2) is 5.76 Å². The highest BCUT2D eigenvalue weighted by atomic mass is 35.5. The number of carbonyl (C=O) groups excluding carboxylic acids is 2. The minimum atomic E-state index is -0.594. The predicted molar refractivity (Wildman–Crippen MR) is 77.0 cm³/mol. The van der Waals surface area contributed by atoms with Crippen molar-refractivity contribution in [1.82, 2.24) is 5.32 Å². The third kappa shape index (κ3) is 3.86. The number of benzene rings is 1. The Morgan fingerprint density at radius 1 is 1.29 bits per heavy atom. The van der Waals surface area contributed by atoms with Crippen LogP contribution in [0.1, 0.15) is 28.6 Å². The van der Waals surface area contributed by atoms with E-state index in [4.69, 9.17) is 16.0 Å². The molecule has 0 unspecified atom stereocenters. The molecule has 6 heteroatoms. The van der Waals surface area contributed by atoms with Crippen molar-refractivity contribution in [2.75, 3.05) is 7.11 Å². The molecule has 1 heterocycles. The number of hydrogen-bond donors (Lipinski definition) is 1. The fraction of sp³-hybridized carbons (Fsp3) is 0.200. The monoisotopic (exact) mass is 307 g/mol. The number of nitrogens with one attached hydrogen (secondary N) is 1. The van der Waals surface area contributed by atoms with Crippen molar-refractivity contribution in [2.45, 2.75) is 12.5 Å². The molecular formula is C15H14ClNO4. The molecule has 2 rings (SSSR count). The van der Waals surface area contributed by atoms with Crippen LogP contribution >= 0.6 is 11.6 Å². The average Bonchev–Trinajstić information content (AvgIpc) is 3.01. The third-order valence-corrected chi connectivity index (χ3v) is 3.27. The van der Waals surface area contributed by atoms with Crippen molar-refractivity contribution in [3.05, 3.63) is 59.0 Å². The second-order valence-electron chi connectivity index (χ2n) is 4.31. The van der Waals surface area contributed by atoms with Gasteiger partial charge in [-0.1, -0.05) is 29.8 Å². The smallest absolute Gasteiger partial charge is 0.307 e. The Morgan fingerprint density at radius 3 is 2.67 bits per heavy atom. The van der Waals surface area contributed by atoms with Crippen LogP contribution in [0, 0.1) is 0 Å². The molecule has 1 aromatic carbocycles. The van der Waals surface area contributed by atoms with Crippen LogP contribution in [0.15, 0.2) is 47.1 Å². The SMILES string of the molecule is COC(=O)C[C@H](NC(=O)c1ccco1)c1ccccc1Cl. The summed E-state index contributed by atoms with van der Waals surface area (Å²) in [5.41, 5.74) is 0.643. The molecule has 0 aliphatic rings. The van der Waals surface area contributed by atoms with Gasteiger partial charge in [0.05, 0.1) is 25.8 Å². The average molecular weight is 308 g/mol. The number of ether oxygens (including phenoxy) is 1. The molecule has 1 N–H and O–H groups in total. The topological polar surface area (TPSA) is 68.5 Å². The Bertz CT molecular complexity index is 624. The van der Waals surface area contributed by atoms with Crippen molar-refractivity contribution < 1.29 is 18.7 Å². The van der Waals surface area contributed by atoms with Gasteiger partial charge in [-0.25, -0.2) is 0 Å². The number of hydrogen-bond acceptors (Lipinski definition) is 4. The summed E-state index contributed by atoms with van der Waals surface area (Å²) in [5.74, 6) is -0.703. The molecular weight excluding hydrogens is 294 g/mol. The number of carbonyl (C=O) groups is 2. The molecule has 0 saturated heterocycles. The summed E-state index contributed by atoms with van der Waals surface area (Å²) >= 11 is 6.13. The van der Waals surface area contributed by atoms with Crippen LogP contribution in [0.5, 0.6) is 0 Å². The van der Waals surface area contributed by atoms with Gasteiger partial charge in [0, 0.05) is 5.02 Å². The molecule has 0 spiro atoms. The van der Waals surface area contributed by atoms with Crippen LogP contribution in [0.25, 0.3) is 0 Å². The molecule has 1 atom stereocenters. The quantitative estimate of drug-likeness (QED) is 0.862. The summed E-state index contributed by atoms with van der Waals surface area (Å²) in [7, 11) is 1.29. The first kappa shape index (κ1) is 15.1. The largest absolute Gasteiger partial charge is 0.469 e. The lowest BCUT2D eigenvalue weighted by atomic mass is 10.0. The molecule has 1 amide bonds. The zero-order valence-corrected chi connectivity index (χ0v) is 12.1. The molecule has 1 aromatic heterocycles. The summed E-state index contributed by atoms with van der Waals surface area (Å²) in [6.07, 6.45) is 1.38. The first-order valence-corrected chi connectivity index (χ1v) is 6.65. The van der Waals surface area contributed by atoms with Gasteiger partial charge in [0.2, 0.25) is 0 Å². The zero-order chi connectivity index (χ0) is 15.2. The molecule has 0 radical (unpaired) electrons. The van der Waals surface area contributed by atoms with Gasteiger partial charge in [-0.2, -0.15) is 0 Å². The maximum Gasteiger partial charge on any atom is 0.307 e. The van der Waals surface area contributed by atoms with Crippen LogP contribution in [0.3, 0.4) is 0 Å². The molecule has 0 aliphatic carbocycles. The molecule has 0 saturated carbocycles. The van der Waals surface area contributed by atoms with Crippen LogP contribution in [0.4, 0.5) is 0 Å². The van der Waals surface area contributed by atoms with E-state index >= 15 is 0 Å². The van der Waals surface area contributed by atoms with Crippen molar-refractivity contribution in [2.24, 2.45) is 0 Å². The van der Waals surface area contributed by atoms with Crippen LogP contribution < -0.4 is 5.32 Å². The molecule has 0 fully saturated rings. The van der Waals surface area contributed by atoms with Crippen molar-refractivity contribution in [3.8, 4) is 0 Å². The lowest BCUT2D eigenvalue weighted by Gasteiger charge is -2.18. The first-order chi connectivity index (χ1) is 10.1. The summed E-state index contributed by atoms with van der Waals surface area (Å²) in [6, 6.07) is 9.55. The number of halogens is 1. The summed E-state index contributed by atoms with van der Waals surface area (Å²) in [4.78, 5) is 23.6. The maximum atomic E-state index is 12.1. The molecule has 110 valence electrons. The Labute approximate surface area is 126 Å².